The summed E-state index contributed by atoms with van der Waals surface area (Å²) >= 11 is 0. The van der Waals surface area contributed by atoms with Crippen LogP contribution in [0.5, 0.6) is 0 Å². The van der Waals surface area contributed by atoms with Gasteiger partial charge in [-0.3, -0.25) is 15.1 Å². The monoisotopic (exact) mass is 416 g/mol. The SMILES string of the molecule is CN1CCN(c2cncc3[nH]c(-c4n[nH]c5cnc(C6CCNCC6)cc45)cc23)CC1. The van der Waals surface area contributed by atoms with Gasteiger partial charge in [-0.15, -0.1) is 0 Å². The van der Waals surface area contributed by atoms with Crippen LogP contribution in [0, 0.1) is 0 Å². The van der Waals surface area contributed by atoms with E-state index in [1.807, 2.05) is 18.6 Å². The number of aromatic nitrogens is 5. The second kappa shape index (κ2) is 7.62. The number of nitrogens with zero attached hydrogens (tertiary/aromatic N) is 5. The van der Waals surface area contributed by atoms with Crippen LogP contribution in [-0.4, -0.2) is 76.4 Å². The lowest BCUT2D eigenvalue weighted by molar-refractivity contribution is 0.313. The zero-order valence-corrected chi connectivity index (χ0v) is 17.9. The van der Waals surface area contributed by atoms with Gasteiger partial charge < -0.3 is 20.1 Å². The molecule has 0 aromatic carbocycles. The Morgan fingerprint density at radius 1 is 0.935 bits per heavy atom. The summed E-state index contributed by atoms with van der Waals surface area (Å²) < 4.78 is 0. The lowest BCUT2D eigenvalue weighted by Gasteiger charge is -2.34. The van der Waals surface area contributed by atoms with E-state index in [4.69, 9.17) is 4.98 Å². The molecule has 3 N–H and O–H groups in total. The van der Waals surface area contributed by atoms with Gasteiger partial charge in [0.1, 0.15) is 5.69 Å². The lowest BCUT2D eigenvalue weighted by atomic mass is 9.93. The third kappa shape index (κ3) is 3.36. The van der Waals surface area contributed by atoms with E-state index in [2.05, 4.69) is 54.5 Å². The van der Waals surface area contributed by atoms with Crippen LogP contribution in [0.15, 0.2) is 30.7 Å². The van der Waals surface area contributed by atoms with Crippen LogP contribution in [-0.2, 0) is 0 Å². The topological polar surface area (TPSA) is 88.8 Å². The Kier molecular flexibility index (Phi) is 4.61. The molecule has 2 fully saturated rings. The van der Waals surface area contributed by atoms with Crippen LogP contribution < -0.4 is 10.2 Å². The molecule has 0 saturated carbocycles. The molecule has 2 aliphatic rings. The number of nitrogens with one attached hydrogen (secondary N) is 3. The van der Waals surface area contributed by atoms with Gasteiger partial charge in [0.2, 0.25) is 0 Å². The highest BCUT2D eigenvalue weighted by molar-refractivity contribution is 5.99. The van der Waals surface area contributed by atoms with Crippen LogP contribution in [0.4, 0.5) is 5.69 Å². The summed E-state index contributed by atoms with van der Waals surface area (Å²) in [5, 5.41) is 13.6. The highest BCUT2D eigenvalue weighted by Crippen LogP contribution is 2.34. The molecule has 0 amide bonds. The number of H-pyrrole nitrogens is 2. The highest BCUT2D eigenvalue weighted by atomic mass is 15.3. The van der Waals surface area contributed by atoms with Gasteiger partial charge in [0.25, 0.3) is 0 Å². The molecule has 8 nitrogen and oxygen atoms in total. The van der Waals surface area contributed by atoms with E-state index in [1.54, 1.807) is 0 Å². The quantitative estimate of drug-likeness (QED) is 0.476. The molecule has 0 bridgehead atoms. The predicted octanol–water partition coefficient (Wildman–Crippen LogP) is 2.72. The van der Waals surface area contributed by atoms with E-state index in [1.165, 1.54) is 16.8 Å². The summed E-state index contributed by atoms with van der Waals surface area (Å²) in [6.45, 7) is 6.32. The second-order valence-corrected chi connectivity index (χ2v) is 8.84. The molecule has 4 aromatic rings. The number of hydrogen-bond acceptors (Lipinski definition) is 6. The number of hydrogen-bond donors (Lipinski definition) is 3. The largest absolute Gasteiger partial charge is 0.367 e. The molecule has 2 saturated heterocycles. The van der Waals surface area contributed by atoms with Crippen molar-refractivity contribution in [3.8, 4) is 11.4 Å². The Morgan fingerprint density at radius 2 is 1.77 bits per heavy atom. The minimum atomic E-state index is 0.518. The molecule has 0 atom stereocenters. The maximum absolute atomic E-state index is 4.73. The number of rotatable bonds is 3. The number of aromatic amines is 2. The molecular formula is C23H28N8. The third-order valence-electron chi connectivity index (χ3n) is 6.85. The summed E-state index contributed by atoms with van der Waals surface area (Å²) in [5.41, 5.74) is 6.37. The molecule has 6 heterocycles. The minimum absolute atomic E-state index is 0.518. The highest BCUT2D eigenvalue weighted by Gasteiger charge is 2.21. The van der Waals surface area contributed by atoms with E-state index in [9.17, 15) is 0 Å². The third-order valence-corrected chi connectivity index (χ3v) is 6.85. The van der Waals surface area contributed by atoms with Crippen molar-refractivity contribution < 1.29 is 0 Å². The molecule has 0 radical (unpaired) electrons. The van der Waals surface area contributed by atoms with E-state index in [-0.39, 0.29) is 0 Å². The lowest BCUT2D eigenvalue weighted by Crippen LogP contribution is -2.44. The van der Waals surface area contributed by atoms with Crippen molar-refractivity contribution in [2.75, 3.05) is 51.2 Å². The smallest absolute Gasteiger partial charge is 0.116 e. The molecule has 0 spiro atoms. The number of pyridine rings is 2. The molecule has 6 rings (SSSR count). The van der Waals surface area contributed by atoms with Crippen LogP contribution in [0.1, 0.15) is 24.5 Å². The van der Waals surface area contributed by atoms with Crippen molar-refractivity contribution in [2.24, 2.45) is 0 Å². The average Bonchev–Trinajstić information content (AvgIpc) is 3.43. The molecule has 160 valence electrons. The predicted molar refractivity (Wildman–Crippen MR) is 124 cm³/mol. The van der Waals surface area contributed by atoms with E-state index in [0.29, 0.717) is 5.92 Å². The van der Waals surface area contributed by atoms with Crippen molar-refractivity contribution in [3.63, 3.8) is 0 Å². The Labute approximate surface area is 181 Å². The van der Waals surface area contributed by atoms with Crippen molar-refractivity contribution in [1.82, 2.24) is 35.4 Å². The fourth-order valence-electron chi connectivity index (χ4n) is 4.94. The first-order valence-electron chi connectivity index (χ1n) is 11.2. The molecular weight excluding hydrogens is 388 g/mol. The Balaban J connectivity index is 1.40. The maximum atomic E-state index is 4.73. The zero-order chi connectivity index (χ0) is 20.8. The van der Waals surface area contributed by atoms with Gasteiger partial charge in [-0.2, -0.15) is 5.10 Å². The second-order valence-electron chi connectivity index (χ2n) is 8.84. The van der Waals surface area contributed by atoms with Gasteiger partial charge in [0.15, 0.2) is 0 Å². The molecule has 8 heteroatoms. The normalized spacial score (nSPS) is 18.9. The summed E-state index contributed by atoms with van der Waals surface area (Å²) in [5.74, 6) is 0.518. The first-order valence-corrected chi connectivity index (χ1v) is 11.2. The molecule has 2 aliphatic heterocycles. The van der Waals surface area contributed by atoms with Crippen LogP contribution in [0.25, 0.3) is 33.2 Å². The first kappa shape index (κ1) is 18.8. The number of fused-ring (bicyclic) bond motifs is 2. The van der Waals surface area contributed by atoms with Gasteiger partial charge in [0.05, 0.1) is 41.0 Å². The summed E-state index contributed by atoms with van der Waals surface area (Å²) in [6.07, 6.45) is 8.11. The molecule has 0 unspecified atom stereocenters. The summed E-state index contributed by atoms with van der Waals surface area (Å²) in [7, 11) is 2.18. The molecule has 31 heavy (non-hydrogen) atoms. The maximum Gasteiger partial charge on any atom is 0.116 e. The number of piperidine rings is 1. The van der Waals surface area contributed by atoms with Crippen LogP contribution >= 0.6 is 0 Å². The van der Waals surface area contributed by atoms with Crippen LogP contribution in [0.3, 0.4) is 0 Å². The molecule has 0 aliphatic carbocycles. The minimum Gasteiger partial charge on any atom is -0.367 e. The van der Waals surface area contributed by atoms with E-state index < -0.39 is 0 Å². The Hall–Kier alpha value is -2.97. The van der Waals surface area contributed by atoms with Gasteiger partial charge in [-0.25, -0.2) is 0 Å². The van der Waals surface area contributed by atoms with Gasteiger partial charge in [-0.05, 0) is 45.1 Å². The van der Waals surface area contributed by atoms with Gasteiger partial charge >= 0.3 is 0 Å². The van der Waals surface area contributed by atoms with Gasteiger partial charge in [-0.1, -0.05) is 0 Å². The molecule has 4 aromatic heterocycles. The van der Waals surface area contributed by atoms with E-state index in [0.717, 1.165) is 79.9 Å². The van der Waals surface area contributed by atoms with E-state index >= 15 is 0 Å². The fourth-order valence-corrected chi connectivity index (χ4v) is 4.94. The fraction of sp³-hybridized carbons (Fsp3) is 0.435. The standard InChI is InChI=1S/C23H28N8/c1-30-6-8-31(9-7-30)22-14-25-12-20-16(22)10-19(27-20)23-17-11-18(15-2-4-24-5-3-15)26-13-21(17)28-29-23/h10-15,24,27H,2-9H2,1H3,(H,28,29). The number of piperazine rings is 1. The van der Waals surface area contributed by atoms with Crippen molar-refractivity contribution in [1.29, 1.82) is 0 Å². The summed E-state index contributed by atoms with van der Waals surface area (Å²) in [6, 6.07) is 4.46. The van der Waals surface area contributed by atoms with Crippen molar-refractivity contribution in [2.45, 2.75) is 18.8 Å². The zero-order valence-electron chi connectivity index (χ0n) is 17.9. The van der Waals surface area contributed by atoms with Crippen molar-refractivity contribution >= 4 is 27.5 Å². The Bertz CT molecular complexity index is 1210. The first-order chi connectivity index (χ1) is 15.3. The van der Waals surface area contributed by atoms with Gasteiger partial charge in [0, 0.05) is 48.6 Å². The van der Waals surface area contributed by atoms with Crippen LogP contribution in [0.2, 0.25) is 0 Å². The summed E-state index contributed by atoms with van der Waals surface area (Å²) in [4.78, 5) is 17.6. The average molecular weight is 417 g/mol. The Morgan fingerprint density at radius 3 is 2.61 bits per heavy atom. The number of anilines is 1. The number of likely N-dealkylation sites (N-methyl/N-ethyl adjacent to an activating group) is 1. The van der Waals surface area contributed by atoms with Crippen molar-refractivity contribution in [3.05, 3.63) is 36.4 Å².